The molecular weight excluding hydrogens is 292 g/mol. The lowest BCUT2D eigenvalue weighted by atomic mass is 9.94. The smallest absolute Gasteiger partial charge is 0.333 e. The van der Waals surface area contributed by atoms with Crippen LogP contribution in [0.15, 0.2) is 10.2 Å². The van der Waals surface area contributed by atoms with E-state index in [9.17, 15) is 30.0 Å². The van der Waals surface area contributed by atoms with E-state index in [4.69, 9.17) is 0 Å². The van der Waals surface area contributed by atoms with Crippen molar-refractivity contribution in [3.05, 3.63) is 0 Å². The Labute approximate surface area is 129 Å². The lowest BCUT2D eigenvalue weighted by molar-refractivity contribution is -0.145. The van der Waals surface area contributed by atoms with E-state index in [1.54, 1.807) is 0 Å². The van der Waals surface area contributed by atoms with Crippen molar-refractivity contribution < 1.29 is 30.0 Å². The monoisotopic (exact) mass is 318 g/mol. The summed E-state index contributed by atoms with van der Waals surface area (Å²) in [5.74, 6) is -2.47. The standard InChI is InChI=1S/C14H26N2O6/c1-9(17)5-7-13(3,11(19)20)15-16-14(4,12(21)22)8-6-10(2)18/h9-10,17-18H,5-8H2,1-4H3,(H,19,20)(H,21,22). The van der Waals surface area contributed by atoms with E-state index in [1.165, 1.54) is 27.7 Å². The maximum atomic E-state index is 11.4. The second-order valence-electron chi connectivity index (χ2n) is 6.13. The average Bonchev–Trinajstić information content (AvgIpc) is 2.40. The van der Waals surface area contributed by atoms with Crippen LogP contribution in [0.3, 0.4) is 0 Å². The van der Waals surface area contributed by atoms with Crippen LogP contribution >= 0.6 is 0 Å². The number of azo groups is 1. The van der Waals surface area contributed by atoms with E-state index in [2.05, 4.69) is 10.2 Å². The number of nitrogens with zero attached hydrogens (tertiary/aromatic N) is 2. The molecule has 0 aromatic carbocycles. The first-order valence-electron chi connectivity index (χ1n) is 7.20. The fraction of sp³-hybridized carbons (Fsp3) is 0.857. The van der Waals surface area contributed by atoms with Gasteiger partial charge in [-0.05, 0) is 53.4 Å². The maximum Gasteiger partial charge on any atom is 0.333 e. The molecule has 22 heavy (non-hydrogen) atoms. The Hall–Kier alpha value is -1.54. The van der Waals surface area contributed by atoms with Crippen LogP contribution in [0.4, 0.5) is 0 Å². The van der Waals surface area contributed by atoms with Gasteiger partial charge in [-0.1, -0.05) is 0 Å². The van der Waals surface area contributed by atoms with Crippen LogP contribution in [-0.4, -0.2) is 55.7 Å². The molecule has 0 rings (SSSR count). The SMILES string of the molecule is CC(O)CCC(C)(N=NC(C)(CCC(C)O)C(=O)O)C(=O)O. The molecule has 0 saturated heterocycles. The first kappa shape index (κ1) is 20.5. The van der Waals surface area contributed by atoms with Gasteiger partial charge in [-0.2, -0.15) is 10.2 Å². The summed E-state index contributed by atoms with van der Waals surface area (Å²) in [7, 11) is 0. The van der Waals surface area contributed by atoms with Gasteiger partial charge in [0.25, 0.3) is 0 Å². The van der Waals surface area contributed by atoms with Gasteiger partial charge in [0.05, 0.1) is 12.2 Å². The van der Waals surface area contributed by atoms with Gasteiger partial charge < -0.3 is 20.4 Å². The molecule has 8 nitrogen and oxygen atoms in total. The molecule has 0 aromatic rings. The van der Waals surface area contributed by atoms with Crippen molar-refractivity contribution in [2.24, 2.45) is 10.2 Å². The molecule has 0 heterocycles. The first-order valence-corrected chi connectivity index (χ1v) is 7.20. The molecule has 0 aliphatic rings. The van der Waals surface area contributed by atoms with E-state index in [0.29, 0.717) is 0 Å². The predicted molar refractivity (Wildman–Crippen MR) is 78.8 cm³/mol. The van der Waals surface area contributed by atoms with Gasteiger partial charge in [0.2, 0.25) is 0 Å². The van der Waals surface area contributed by atoms with E-state index < -0.39 is 35.2 Å². The van der Waals surface area contributed by atoms with Crippen LogP contribution in [0.25, 0.3) is 0 Å². The molecule has 0 fully saturated rings. The van der Waals surface area contributed by atoms with E-state index in [1.807, 2.05) is 0 Å². The second kappa shape index (κ2) is 8.19. The molecule has 4 unspecified atom stereocenters. The predicted octanol–water partition coefficient (Wildman–Crippen LogP) is 1.45. The zero-order valence-corrected chi connectivity index (χ0v) is 13.5. The summed E-state index contributed by atoms with van der Waals surface area (Å²) in [5, 5.41) is 44.6. The highest BCUT2D eigenvalue weighted by Crippen LogP contribution is 2.25. The van der Waals surface area contributed by atoms with Gasteiger partial charge in [0.1, 0.15) is 0 Å². The Morgan fingerprint density at radius 1 is 0.864 bits per heavy atom. The summed E-state index contributed by atoms with van der Waals surface area (Å²) >= 11 is 0. The quantitative estimate of drug-likeness (QED) is 0.449. The van der Waals surface area contributed by atoms with Crippen LogP contribution in [-0.2, 0) is 9.59 Å². The van der Waals surface area contributed by atoms with Crippen molar-refractivity contribution in [1.29, 1.82) is 0 Å². The van der Waals surface area contributed by atoms with Gasteiger partial charge in [-0.15, -0.1) is 0 Å². The van der Waals surface area contributed by atoms with Crippen LogP contribution in [0, 0.1) is 0 Å². The van der Waals surface area contributed by atoms with Crippen molar-refractivity contribution in [2.75, 3.05) is 0 Å². The highest BCUT2D eigenvalue weighted by Gasteiger charge is 2.38. The molecular formula is C14H26N2O6. The molecule has 0 bridgehead atoms. The van der Waals surface area contributed by atoms with Crippen molar-refractivity contribution in [3.8, 4) is 0 Å². The third-order valence-electron chi connectivity index (χ3n) is 3.51. The third kappa shape index (κ3) is 6.48. The van der Waals surface area contributed by atoms with Crippen LogP contribution in [0.1, 0.15) is 53.4 Å². The Morgan fingerprint density at radius 2 is 1.14 bits per heavy atom. The fourth-order valence-electron chi connectivity index (χ4n) is 1.60. The summed E-state index contributed by atoms with van der Waals surface area (Å²) in [6, 6.07) is 0. The molecule has 0 saturated carbocycles. The van der Waals surface area contributed by atoms with E-state index >= 15 is 0 Å². The molecule has 0 aliphatic heterocycles. The number of aliphatic hydroxyl groups excluding tert-OH is 2. The normalized spacial score (nSPS) is 20.1. The summed E-state index contributed by atoms with van der Waals surface area (Å²) in [5.41, 5.74) is -3.20. The Morgan fingerprint density at radius 3 is 1.32 bits per heavy atom. The zero-order chi connectivity index (χ0) is 17.6. The molecule has 4 atom stereocenters. The Bertz CT molecular complexity index is 386. The zero-order valence-electron chi connectivity index (χ0n) is 13.5. The molecule has 0 radical (unpaired) electrons. The molecule has 128 valence electrons. The number of carboxylic acids is 2. The highest BCUT2D eigenvalue weighted by atomic mass is 16.4. The highest BCUT2D eigenvalue weighted by molar-refractivity contribution is 5.79. The summed E-state index contributed by atoms with van der Waals surface area (Å²) in [6.45, 7) is 5.73. The second-order valence-corrected chi connectivity index (χ2v) is 6.13. The largest absolute Gasteiger partial charge is 0.479 e. The maximum absolute atomic E-state index is 11.4. The molecule has 4 N–H and O–H groups in total. The molecule has 0 aromatic heterocycles. The number of aliphatic carboxylic acids is 2. The lowest BCUT2D eigenvalue weighted by Gasteiger charge is -2.24. The minimum Gasteiger partial charge on any atom is -0.479 e. The van der Waals surface area contributed by atoms with Gasteiger partial charge in [0.15, 0.2) is 11.1 Å². The molecule has 0 spiro atoms. The number of carboxylic acid groups (broad SMARTS) is 2. The number of rotatable bonds is 10. The van der Waals surface area contributed by atoms with Crippen molar-refractivity contribution in [3.63, 3.8) is 0 Å². The average molecular weight is 318 g/mol. The first-order chi connectivity index (χ1) is 9.93. The summed E-state index contributed by atoms with van der Waals surface area (Å²) < 4.78 is 0. The topological polar surface area (TPSA) is 140 Å². The minimum absolute atomic E-state index is 0.0373. The van der Waals surface area contributed by atoms with Gasteiger partial charge in [0, 0.05) is 0 Å². The number of hydrogen-bond donors (Lipinski definition) is 4. The minimum atomic E-state index is -1.60. The van der Waals surface area contributed by atoms with Gasteiger partial charge in [-0.3, -0.25) is 0 Å². The third-order valence-corrected chi connectivity index (χ3v) is 3.51. The van der Waals surface area contributed by atoms with Gasteiger partial charge in [-0.25, -0.2) is 9.59 Å². The van der Waals surface area contributed by atoms with Crippen molar-refractivity contribution in [2.45, 2.75) is 76.7 Å². The van der Waals surface area contributed by atoms with Crippen molar-refractivity contribution >= 4 is 11.9 Å². The molecule has 8 heteroatoms. The fourth-order valence-corrected chi connectivity index (χ4v) is 1.60. The van der Waals surface area contributed by atoms with E-state index in [0.717, 1.165) is 0 Å². The number of hydrogen-bond acceptors (Lipinski definition) is 6. The van der Waals surface area contributed by atoms with Crippen LogP contribution in [0.5, 0.6) is 0 Å². The Kier molecular flexibility index (Phi) is 7.61. The molecule has 0 aliphatic carbocycles. The van der Waals surface area contributed by atoms with Crippen LogP contribution < -0.4 is 0 Å². The van der Waals surface area contributed by atoms with E-state index in [-0.39, 0.29) is 25.7 Å². The number of aliphatic hydroxyl groups is 2. The summed E-state index contributed by atoms with van der Waals surface area (Å²) in [4.78, 5) is 22.7. The van der Waals surface area contributed by atoms with Crippen molar-refractivity contribution in [1.82, 2.24) is 0 Å². The Balaban J connectivity index is 5.23. The summed E-state index contributed by atoms with van der Waals surface area (Å²) in [6.07, 6.45) is -0.881. The molecule has 0 amide bonds. The van der Waals surface area contributed by atoms with Crippen LogP contribution in [0.2, 0.25) is 0 Å². The lowest BCUT2D eigenvalue weighted by Crippen LogP contribution is -2.37. The number of carbonyl (C=O) groups is 2. The van der Waals surface area contributed by atoms with Gasteiger partial charge >= 0.3 is 11.9 Å².